The molecular formula is C13H13N3O6. The highest BCUT2D eigenvalue weighted by Gasteiger charge is 2.08. The molecule has 0 radical (unpaired) electrons. The molecule has 0 aliphatic carbocycles. The molecule has 0 spiro atoms. The number of pyridine rings is 2. The Morgan fingerprint density at radius 3 is 1.68 bits per heavy atom. The maximum atomic E-state index is 10.4. The summed E-state index contributed by atoms with van der Waals surface area (Å²) in [5, 5.41) is 16.9. The molecule has 0 aliphatic heterocycles. The number of aromatic nitrogens is 2. The largest absolute Gasteiger partial charge is 0.477 e. The van der Waals surface area contributed by atoms with Gasteiger partial charge in [-0.1, -0.05) is 6.07 Å². The van der Waals surface area contributed by atoms with Crippen molar-refractivity contribution in [2.45, 2.75) is 0 Å². The lowest BCUT2D eigenvalue weighted by atomic mass is 10.3. The first kappa shape index (κ1) is 18.7. The number of carboxylic acid groups (broad SMARTS) is 2. The van der Waals surface area contributed by atoms with E-state index in [0.717, 1.165) is 0 Å². The van der Waals surface area contributed by atoms with Crippen molar-refractivity contribution in [1.29, 1.82) is 0 Å². The summed E-state index contributed by atoms with van der Waals surface area (Å²) >= 11 is 0. The van der Waals surface area contributed by atoms with Crippen LogP contribution in [0.2, 0.25) is 0 Å². The third-order valence-electron chi connectivity index (χ3n) is 2.15. The Balaban J connectivity index is 0.000000397. The highest BCUT2D eigenvalue weighted by Crippen LogP contribution is 1.98. The molecule has 0 aromatic carbocycles. The van der Waals surface area contributed by atoms with Gasteiger partial charge in [-0.2, -0.15) is 0 Å². The maximum absolute atomic E-state index is 10.4. The molecule has 22 heavy (non-hydrogen) atoms. The summed E-state index contributed by atoms with van der Waals surface area (Å²) in [5.74, 6) is -2.89. The summed E-state index contributed by atoms with van der Waals surface area (Å²) in [6, 6.07) is 6.94. The summed E-state index contributed by atoms with van der Waals surface area (Å²) in [6.07, 6.45) is 3.06. The van der Waals surface area contributed by atoms with Crippen LogP contribution in [0.5, 0.6) is 0 Å². The van der Waals surface area contributed by atoms with Crippen LogP contribution in [0.4, 0.5) is 0 Å². The van der Waals surface area contributed by atoms with Crippen LogP contribution in [-0.4, -0.2) is 43.5 Å². The van der Waals surface area contributed by atoms with E-state index in [1.807, 2.05) is 0 Å². The molecule has 0 atom stereocenters. The lowest BCUT2D eigenvalue weighted by Gasteiger charge is -1.94. The van der Waals surface area contributed by atoms with E-state index in [1.54, 1.807) is 12.1 Å². The van der Waals surface area contributed by atoms with Crippen molar-refractivity contribution in [3.63, 3.8) is 0 Å². The van der Waals surface area contributed by atoms with Gasteiger partial charge in [0.15, 0.2) is 0 Å². The van der Waals surface area contributed by atoms with Crippen molar-refractivity contribution in [1.82, 2.24) is 9.97 Å². The molecule has 2 aromatic heterocycles. The molecule has 0 fully saturated rings. The quantitative estimate of drug-likeness (QED) is 0.705. The summed E-state index contributed by atoms with van der Waals surface area (Å²) < 4.78 is 0. The maximum Gasteiger partial charge on any atom is 0.354 e. The zero-order valence-electron chi connectivity index (χ0n) is 11.1. The Kier molecular flexibility index (Phi) is 7.44. The summed E-state index contributed by atoms with van der Waals surface area (Å²) in [4.78, 5) is 38.1. The predicted molar refractivity (Wildman–Crippen MR) is 74.5 cm³/mol. The second kappa shape index (κ2) is 8.76. The van der Waals surface area contributed by atoms with E-state index in [1.165, 1.54) is 30.6 Å². The van der Waals surface area contributed by atoms with Gasteiger partial charge in [-0.05, 0) is 24.3 Å². The second-order valence-corrected chi connectivity index (χ2v) is 3.62. The minimum Gasteiger partial charge on any atom is -0.477 e. The lowest BCUT2D eigenvalue weighted by Crippen LogP contribution is -2.10. The van der Waals surface area contributed by atoms with Crippen LogP contribution < -0.4 is 5.73 Å². The molecule has 2 heterocycles. The van der Waals surface area contributed by atoms with Gasteiger partial charge in [0.05, 0.1) is 0 Å². The summed E-state index contributed by atoms with van der Waals surface area (Å²) in [5.41, 5.74) is 4.90. The number of amides is 1. The third kappa shape index (κ3) is 5.75. The first-order chi connectivity index (χ1) is 9.91. The molecule has 0 saturated heterocycles. The molecule has 0 saturated carbocycles. The van der Waals surface area contributed by atoms with Crippen LogP contribution in [0.3, 0.4) is 0 Å². The molecule has 0 unspecified atom stereocenters. The van der Waals surface area contributed by atoms with Crippen molar-refractivity contribution in [3.8, 4) is 0 Å². The standard InChI is InChI=1S/C7H5NO4.C6H6N2O.H2O/c9-6(10)4-2-1-3-5(8-4)7(11)12;7-6(9)5-1-3-8-4-2-5;/h1-3H,(H,9,10)(H,11,12);1-4H,(H2,7,9);1H2. The SMILES string of the molecule is NC(=O)c1ccncc1.O.O=C(O)c1cccc(C(=O)O)n1. The number of hydrogen-bond acceptors (Lipinski definition) is 5. The zero-order chi connectivity index (χ0) is 15.8. The van der Waals surface area contributed by atoms with Crippen LogP contribution in [0.25, 0.3) is 0 Å². The van der Waals surface area contributed by atoms with Crippen LogP contribution in [-0.2, 0) is 0 Å². The number of nitrogens with zero attached hydrogens (tertiary/aromatic N) is 2. The molecule has 6 N–H and O–H groups in total. The van der Waals surface area contributed by atoms with Gasteiger partial charge in [-0.15, -0.1) is 0 Å². The van der Waals surface area contributed by atoms with Crippen molar-refractivity contribution in [2.75, 3.05) is 0 Å². The fourth-order valence-corrected chi connectivity index (χ4v) is 1.19. The van der Waals surface area contributed by atoms with Crippen LogP contribution in [0.15, 0.2) is 42.7 Å². The molecule has 2 aromatic rings. The fourth-order valence-electron chi connectivity index (χ4n) is 1.19. The van der Waals surface area contributed by atoms with Gasteiger partial charge in [0, 0.05) is 18.0 Å². The minimum atomic E-state index is -1.24. The number of primary amides is 1. The number of carbonyl (C=O) groups is 3. The van der Waals surface area contributed by atoms with E-state index in [0.29, 0.717) is 5.56 Å². The number of carbonyl (C=O) groups excluding carboxylic acids is 1. The van der Waals surface area contributed by atoms with E-state index in [4.69, 9.17) is 15.9 Å². The van der Waals surface area contributed by atoms with Gasteiger partial charge in [-0.25, -0.2) is 14.6 Å². The highest BCUT2D eigenvalue weighted by molar-refractivity contribution is 5.92. The van der Waals surface area contributed by atoms with Gasteiger partial charge in [0.1, 0.15) is 11.4 Å². The van der Waals surface area contributed by atoms with E-state index in [2.05, 4.69) is 9.97 Å². The van der Waals surface area contributed by atoms with Gasteiger partial charge in [0.2, 0.25) is 5.91 Å². The van der Waals surface area contributed by atoms with Crippen molar-refractivity contribution in [2.24, 2.45) is 5.73 Å². The van der Waals surface area contributed by atoms with Crippen molar-refractivity contribution < 1.29 is 30.1 Å². The van der Waals surface area contributed by atoms with Gasteiger partial charge in [0.25, 0.3) is 0 Å². The number of aromatic carboxylic acids is 2. The van der Waals surface area contributed by atoms with Gasteiger partial charge in [-0.3, -0.25) is 9.78 Å². The lowest BCUT2D eigenvalue weighted by molar-refractivity contribution is 0.0684. The molecule has 1 amide bonds. The summed E-state index contributed by atoms with van der Waals surface area (Å²) in [6.45, 7) is 0. The Labute approximate surface area is 124 Å². The molecule has 116 valence electrons. The Morgan fingerprint density at radius 1 is 0.909 bits per heavy atom. The number of nitrogens with two attached hydrogens (primary N) is 1. The van der Waals surface area contributed by atoms with E-state index >= 15 is 0 Å². The normalized spacial score (nSPS) is 8.73. The highest BCUT2D eigenvalue weighted by atomic mass is 16.4. The van der Waals surface area contributed by atoms with Crippen LogP contribution in [0.1, 0.15) is 31.3 Å². The summed E-state index contributed by atoms with van der Waals surface area (Å²) in [7, 11) is 0. The molecule has 0 aliphatic rings. The third-order valence-corrected chi connectivity index (χ3v) is 2.15. The number of carboxylic acids is 2. The van der Waals surface area contributed by atoms with Gasteiger partial charge >= 0.3 is 11.9 Å². The average Bonchev–Trinajstić information content (AvgIpc) is 2.49. The van der Waals surface area contributed by atoms with E-state index < -0.39 is 17.8 Å². The Morgan fingerprint density at radius 2 is 1.36 bits per heavy atom. The smallest absolute Gasteiger partial charge is 0.354 e. The molecule has 0 bridgehead atoms. The Hall–Kier alpha value is -3.33. The Bertz CT molecular complexity index is 631. The van der Waals surface area contributed by atoms with Gasteiger partial charge < -0.3 is 21.4 Å². The molecule has 2 rings (SSSR count). The molecule has 9 heteroatoms. The second-order valence-electron chi connectivity index (χ2n) is 3.62. The number of hydrogen-bond donors (Lipinski definition) is 3. The monoisotopic (exact) mass is 307 g/mol. The van der Waals surface area contributed by atoms with E-state index in [-0.39, 0.29) is 16.9 Å². The van der Waals surface area contributed by atoms with Crippen molar-refractivity contribution >= 4 is 17.8 Å². The first-order valence-corrected chi connectivity index (χ1v) is 5.55. The molecule has 9 nitrogen and oxygen atoms in total. The average molecular weight is 307 g/mol. The first-order valence-electron chi connectivity index (χ1n) is 5.55. The predicted octanol–water partition coefficient (Wildman–Crippen LogP) is -0.166. The fraction of sp³-hybridized carbons (Fsp3) is 0. The van der Waals surface area contributed by atoms with Crippen LogP contribution >= 0.6 is 0 Å². The van der Waals surface area contributed by atoms with Crippen LogP contribution in [0, 0.1) is 0 Å². The minimum absolute atomic E-state index is 0. The number of rotatable bonds is 3. The van der Waals surface area contributed by atoms with Crippen molar-refractivity contribution in [3.05, 3.63) is 59.7 Å². The van der Waals surface area contributed by atoms with E-state index in [9.17, 15) is 14.4 Å². The molecular weight excluding hydrogens is 294 g/mol. The zero-order valence-corrected chi connectivity index (χ0v) is 11.1. The topological polar surface area (TPSA) is 175 Å².